The molecule has 4 nitrogen and oxygen atoms in total. The highest BCUT2D eigenvalue weighted by Gasteiger charge is 2.25. The monoisotopic (exact) mass is 324 g/mol. The van der Waals surface area contributed by atoms with Crippen LogP contribution in [0.3, 0.4) is 0 Å². The lowest BCUT2D eigenvalue weighted by atomic mass is 10.3. The van der Waals surface area contributed by atoms with Gasteiger partial charge in [-0.15, -0.1) is 0 Å². The van der Waals surface area contributed by atoms with E-state index in [-0.39, 0.29) is 0 Å². The third kappa shape index (κ3) is 3.17. The normalized spacial score (nSPS) is 10.6. The Bertz CT molecular complexity index is 733. The lowest BCUT2D eigenvalue weighted by Gasteiger charge is -2.21. The van der Waals surface area contributed by atoms with Gasteiger partial charge >= 0.3 is 0 Å². The fourth-order valence-corrected chi connectivity index (χ4v) is 4.68. The molecule has 116 valence electrons. The van der Waals surface area contributed by atoms with Gasteiger partial charge in [0.25, 0.3) is 0 Å². The molecule has 0 fully saturated rings. The summed E-state index contributed by atoms with van der Waals surface area (Å²) < 4.78 is 11.1. The fourth-order valence-electron chi connectivity index (χ4n) is 2.38. The SMILES string of the molecule is COc1ccccc1P(c1ncccn1)c1ccccc1OC. The summed E-state index contributed by atoms with van der Waals surface area (Å²) in [5.41, 5.74) is 0.775. The predicted octanol–water partition coefficient (Wildman–Crippen LogP) is 2.25. The molecule has 0 atom stereocenters. The second kappa shape index (κ2) is 7.21. The van der Waals surface area contributed by atoms with Gasteiger partial charge in [0.15, 0.2) is 5.57 Å². The summed E-state index contributed by atoms with van der Waals surface area (Å²) >= 11 is 0. The van der Waals surface area contributed by atoms with Crippen LogP contribution in [0.15, 0.2) is 67.0 Å². The van der Waals surface area contributed by atoms with Crippen LogP contribution in [-0.4, -0.2) is 24.2 Å². The van der Waals surface area contributed by atoms with E-state index in [0.29, 0.717) is 0 Å². The molecule has 0 saturated heterocycles. The smallest absolute Gasteiger partial charge is 0.159 e. The van der Waals surface area contributed by atoms with E-state index < -0.39 is 7.92 Å². The summed E-state index contributed by atoms with van der Waals surface area (Å²) in [6.07, 6.45) is 3.53. The van der Waals surface area contributed by atoms with E-state index >= 15 is 0 Å². The number of hydrogen-bond donors (Lipinski definition) is 0. The maximum atomic E-state index is 5.56. The largest absolute Gasteiger partial charge is 0.496 e. The number of benzene rings is 2. The zero-order chi connectivity index (χ0) is 16.1. The minimum Gasteiger partial charge on any atom is -0.496 e. The van der Waals surface area contributed by atoms with Crippen molar-refractivity contribution in [1.29, 1.82) is 0 Å². The number of aromatic nitrogens is 2. The molecule has 0 bridgehead atoms. The molecule has 0 aliphatic carbocycles. The molecule has 23 heavy (non-hydrogen) atoms. The molecule has 1 heterocycles. The lowest BCUT2D eigenvalue weighted by molar-refractivity contribution is 0.417. The van der Waals surface area contributed by atoms with Crippen molar-refractivity contribution in [2.45, 2.75) is 0 Å². The topological polar surface area (TPSA) is 44.2 Å². The summed E-state index contributed by atoms with van der Waals surface area (Å²) in [6.45, 7) is 0. The number of hydrogen-bond acceptors (Lipinski definition) is 4. The Morgan fingerprint density at radius 3 is 1.65 bits per heavy atom. The van der Waals surface area contributed by atoms with Crippen molar-refractivity contribution in [2.24, 2.45) is 0 Å². The molecule has 3 aromatic rings. The third-order valence-corrected chi connectivity index (χ3v) is 5.74. The van der Waals surface area contributed by atoms with Crippen LogP contribution >= 0.6 is 7.92 Å². The van der Waals surface area contributed by atoms with Gasteiger partial charge in [-0.2, -0.15) is 0 Å². The highest BCUT2D eigenvalue weighted by atomic mass is 31.1. The van der Waals surface area contributed by atoms with E-state index in [9.17, 15) is 0 Å². The zero-order valence-corrected chi connectivity index (χ0v) is 13.9. The summed E-state index contributed by atoms with van der Waals surface area (Å²) in [4.78, 5) is 8.98. The van der Waals surface area contributed by atoms with Crippen molar-refractivity contribution in [2.75, 3.05) is 14.2 Å². The van der Waals surface area contributed by atoms with Crippen molar-refractivity contribution >= 4 is 24.1 Å². The van der Waals surface area contributed by atoms with Gasteiger partial charge in [0, 0.05) is 30.9 Å². The van der Waals surface area contributed by atoms with Crippen molar-refractivity contribution in [1.82, 2.24) is 9.97 Å². The molecule has 0 aliphatic rings. The first-order valence-electron chi connectivity index (χ1n) is 7.18. The second-order valence-electron chi connectivity index (χ2n) is 4.73. The van der Waals surface area contributed by atoms with Gasteiger partial charge in [0.2, 0.25) is 0 Å². The van der Waals surface area contributed by atoms with E-state index in [1.807, 2.05) is 42.5 Å². The van der Waals surface area contributed by atoms with Gasteiger partial charge in [-0.1, -0.05) is 36.4 Å². The Morgan fingerprint density at radius 2 is 1.17 bits per heavy atom. The quantitative estimate of drug-likeness (QED) is 0.675. The maximum Gasteiger partial charge on any atom is 0.159 e. The molecule has 1 aromatic heterocycles. The van der Waals surface area contributed by atoms with Gasteiger partial charge in [-0.3, -0.25) is 0 Å². The molecule has 0 saturated carbocycles. The van der Waals surface area contributed by atoms with Crippen LogP contribution in [0.1, 0.15) is 0 Å². The first kappa shape index (κ1) is 15.4. The Balaban J connectivity index is 2.23. The van der Waals surface area contributed by atoms with E-state index in [2.05, 4.69) is 22.1 Å². The van der Waals surface area contributed by atoms with E-state index in [1.165, 1.54) is 0 Å². The molecule has 0 unspecified atom stereocenters. The van der Waals surface area contributed by atoms with Gasteiger partial charge in [0.1, 0.15) is 11.5 Å². The molecular weight excluding hydrogens is 307 g/mol. The standard InChI is InChI=1S/C18H17N2O2P/c1-21-14-8-3-5-10-16(14)23(18-19-12-7-13-20-18)17-11-6-4-9-15(17)22-2/h3-13H,1-2H3. The highest BCUT2D eigenvalue weighted by Crippen LogP contribution is 2.37. The van der Waals surface area contributed by atoms with E-state index in [0.717, 1.165) is 27.7 Å². The summed E-state index contributed by atoms with van der Waals surface area (Å²) in [5, 5.41) is 2.14. The molecule has 0 N–H and O–H groups in total. The number of ether oxygens (including phenoxy) is 2. The molecule has 5 heteroatoms. The van der Waals surface area contributed by atoms with Gasteiger partial charge in [-0.05, 0) is 18.2 Å². The van der Waals surface area contributed by atoms with Crippen LogP contribution in [0.5, 0.6) is 11.5 Å². The Labute approximate surface area is 136 Å². The molecule has 0 amide bonds. The average molecular weight is 324 g/mol. The van der Waals surface area contributed by atoms with E-state index in [4.69, 9.17) is 9.47 Å². The van der Waals surface area contributed by atoms with Crippen molar-refractivity contribution < 1.29 is 9.47 Å². The van der Waals surface area contributed by atoms with Gasteiger partial charge < -0.3 is 9.47 Å². The number of para-hydroxylation sites is 2. The highest BCUT2D eigenvalue weighted by molar-refractivity contribution is 7.79. The molecule has 3 rings (SSSR count). The average Bonchev–Trinajstić information content (AvgIpc) is 2.64. The Morgan fingerprint density at radius 1 is 0.696 bits per heavy atom. The Kier molecular flexibility index (Phi) is 4.84. The van der Waals surface area contributed by atoms with Crippen molar-refractivity contribution in [3.05, 3.63) is 67.0 Å². The van der Waals surface area contributed by atoms with Crippen LogP contribution in [0.25, 0.3) is 0 Å². The number of nitrogens with zero attached hydrogens (tertiary/aromatic N) is 2. The molecule has 0 spiro atoms. The van der Waals surface area contributed by atoms with Crippen molar-refractivity contribution in [3.63, 3.8) is 0 Å². The van der Waals surface area contributed by atoms with Crippen molar-refractivity contribution in [3.8, 4) is 11.5 Å². The summed E-state index contributed by atoms with van der Waals surface area (Å²) in [5.74, 6) is 1.66. The van der Waals surface area contributed by atoms with Crippen LogP contribution in [-0.2, 0) is 0 Å². The predicted molar refractivity (Wildman–Crippen MR) is 93.8 cm³/mol. The molecular formula is C18H17N2O2P. The second-order valence-corrected chi connectivity index (χ2v) is 6.76. The molecule has 0 radical (unpaired) electrons. The third-order valence-electron chi connectivity index (χ3n) is 3.40. The molecule has 0 aliphatic heterocycles. The van der Waals surface area contributed by atoms with Crippen LogP contribution in [0.4, 0.5) is 0 Å². The van der Waals surface area contributed by atoms with Gasteiger partial charge in [-0.25, -0.2) is 9.97 Å². The number of methoxy groups -OCH3 is 2. The van der Waals surface area contributed by atoms with Crippen LogP contribution in [0.2, 0.25) is 0 Å². The zero-order valence-electron chi connectivity index (χ0n) is 13.0. The fraction of sp³-hybridized carbons (Fsp3) is 0.111. The summed E-state index contributed by atoms with van der Waals surface area (Å²) in [7, 11) is 2.39. The van der Waals surface area contributed by atoms with E-state index in [1.54, 1.807) is 26.6 Å². The van der Waals surface area contributed by atoms with Gasteiger partial charge in [0.05, 0.1) is 14.2 Å². The van der Waals surface area contributed by atoms with Crippen LogP contribution in [0, 0.1) is 0 Å². The molecule has 2 aromatic carbocycles. The minimum absolute atomic E-state index is 0.775. The Hall–Kier alpha value is -2.45. The lowest BCUT2D eigenvalue weighted by Crippen LogP contribution is -2.26. The minimum atomic E-state index is -0.971. The maximum absolute atomic E-state index is 5.56. The first-order chi connectivity index (χ1) is 11.3. The summed E-state index contributed by atoms with van der Waals surface area (Å²) in [6, 6.07) is 17.8. The number of rotatable bonds is 5. The van der Waals surface area contributed by atoms with Crippen LogP contribution < -0.4 is 25.6 Å². The first-order valence-corrected chi connectivity index (χ1v) is 8.52.